The van der Waals surface area contributed by atoms with Crippen molar-refractivity contribution in [2.24, 2.45) is 0 Å². The number of aromatic hydroxyl groups is 1. The highest BCUT2D eigenvalue weighted by Crippen LogP contribution is 2.22. The van der Waals surface area contributed by atoms with Crippen LogP contribution in [-0.2, 0) is 6.42 Å². The fourth-order valence-electron chi connectivity index (χ4n) is 1.74. The molecule has 0 unspecified atom stereocenters. The Kier molecular flexibility index (Phi) is 3.16. The molecular weight excluding hydrogens is 248 g/mol. The minimum absolute atomic E-state index is 0.201. The Hall–Kier alpha value is -2.88. The molecule has 2 N–H and O–H groups in total. The summed E-state index contributed by atoms with van der Waals surface area (Å²) in [5.41, 5.74) is 0.992. The number of benzene rings is 1. The molecule has 2 rings (SSSR count). The standard InChI is InChI=1S/C12H10N4O3/c1-2-10-9(6-13)14-15-16(10)7-3-4-11(17)8(5-7)12(18)19/h3-5,17H,2H2,1H3,(H,18,19). The summed E-state index contributed by atoms with van der Waals surface area (Å²) in [4.78, 5) is 11.0. The first-order valence-corrected chi connectivity index (χ1v) is 5.49. The highest BCUT2D eigenvalue weighted by Gasteiger charge is 2.15. The van der Waals surface area contributed by atoms with Gasteiger partial charge in [0.2, 0.25) is 0 Å². The van der Waals surface area contributed by atoms with Crippen LogP contribution in [0.1, 0.15) is 28.7 Å². The van der Waals surface area contributed by atoms with Gasteiger partial charge in [0.15, 0.2) is 5.69 Å². The molecule has 0 bridgehead atoms. The summed E-state index contributed by atoms with van der Waals surface area (Å²) >= 11 is 0. The van der Waals surface area contributed by atoms with Crippen molar-refractivity contribution < 1.29 is 15.0 Å². The second-order valence-electron chi connectivity index (χ2n) is 3.77. The molecule has 0 aliphatic carbocycles. The van der Waals surface area contributed by atoms with E-state index in [2.05, 4.69) is 10.3 Å². The molecule has 0 saturated carbocycles. The van der Waals surface area contributed by atoms with Crippen LogP contribution in [0.25, 0.3) is 5.69 Å². The minimum atomic E-state index is -1.24. The maximum absolute atomic E-state index is 11.0. The molecule has 1 aromatic heterocycles. The van der Waals surface area contributed by atoms with E-state index < -0.39 is 5.97 Å². The second kappa shape index (κ2) is 4.78. The van der Waals surface area contributed by atoms with Gasteiger partial charge in [-0.2, -0.15) is 5.26 Å². The van der Waals surface area contributed by atoms with Crippen LogP contribution in [0.5, 0.6) is 5.75 Å². The molecule has 0 spiro atoms. The third-order valence-corrected chi connectivity index (χ3v) is 2.66. The number of carboxylic acids is 1. The number of hydrogen-bond acceptors (Lipinski definition) is 5. The number of hydrogen-bond donors (Lipinski definition) is 2. The van der Waals surface area contributed by atoms with Gasteiger partial charge in [-0.15, -0.1) is 5.10 Å². The van der Waals surface area contributed by atoms with Gasteiger partial charge in [0.1, 0.15) is 17.4 Å². The van der Waals surface area contributed by atoms with Crippen LogP contribution in [0.2, 0.25) is 0 Å². The van der Waals surface area contributed by atoms with E-state index in [0.29, 0.717) is 17.8 Å². The average Bonchev–Trinajstić information content (AvgIpc) is 2.81. The Morgan fingerprint density at radius 2 is 2.26 bits per heavy atom. The Labute approximate surface area is 108 Å². The summed E-state index contributed by atoms with van der Waals surface area (Å²) in [5.74, 6) is -1.56. The molecule has 96 valence electrons. The average molecular weight is 258 g/mol. The summed E-state index contributed by atoms with van der Waals surface area (Å²) < 4.78 is 1.39. The lowest BCUT2D eigenvalue weighted by Gasteiger charge is -2.06. The Morgan fingerprint density at radius 3 is 2.84 bits per heavy atom. The zero-order valence-electron chi connectivity index (χ0n) is 10.0. The molecule has 0 amide bonds. The fourth-order valence-corrected chi connectivity index (χ4v) is 1.74. The fraction of sp³-hybridized carbons (Fsp3) is 0.167. The molecule has 1 heterocycles. The molecule has 1 aromatic carbocycles. The molecule has 2 aromatic rings. The second-order valence-corrected chi connectivity index (χ2v) is 3.77. The Bertz CT molecular complexity index is 685. The van der Waals surface area contributed by atoms with Crippen LogP contribution in [0, 0.1) is 11.3 Å². The van der Waals surface area contributed by atoms with Gasteiger partial charge >= 0.3 is 5.97 Å². The number of aromatic nitrogens is 3. The van der Waals surface area contributed by atoms with Crippen LogP contribution in [0.4, 0.5) is 0 Å². The van der Waals surface area contributed by atoms with Crippen molar-refractivity contribution in [3.63, 3.8) is 0 Å². The SMILES string of the molecule is CCc1c(C#N)nnn1-c1ccc(O)c(C(=O)O)c1. The van der Waals surface area contributed by atoms with E-state index in [1.165, 1.54) is 22.9 Å². The smallest absolute Gasteiger partial charge is 0.339 e. The first-order chi connectivity index (χ1) is 9.08. The van der Waals surface area contributed by atoms with Crippen molar-refractivity contribution in [1.82, 2.24) is 15.0 Å². The van der Waals surface area contributed by atoms with E-state index in [9.17, 15) is 9.90 Å². The maximum Gasteiger partial charge on any atom is 0.339 e. The van der Waals surface area contributed by atoms with Crippen molar-refractivity contribution in [3.8, 4) is 17.5 Å². The van der Waals surface area contributed by atoms with Crippen molar-refractivity contribution in [2.45, 2.75) is 13.3 Å². The third kappa shape index (κ3) is 2.11. The lowest BCUT2D eigenvalue weighted by atomic mass is 10.1. The number of carboxylic acid groups (broad SMARTS) is 1. The molecule has 0 saturated heterocycles. The molecular formula is C12H10N4O3. The molecule has 0 fully saturated rings. The van der Waals surface area contributed by atoms with Crippen molar-refractivity contribution in [1.29, 1.82) is 5.26 Å². The summed E-state index contributed by atoms with van der Waals surface area (Å²) in [6.07, 6.45) is 0.527. The van der Waals surface area contributed by atoms with Crippen LogP contribution in [0.15, 0.2) is 18.2 Å². The normalized spacial score (nSPS) is 10.1. The van der Waals surface area contributed by atoms with Gasteiger partial charge in [-0.25, -0.2) is 9.48 Å². The van der Waals surface area contributed by atoms with Gasteiger partial charge in [-0.1, -0.05) is 12.1 Å². The monoisotopic (exact) mass is 258 g/mol. The first-order valence-electron chi connectivity index (χ1n) is 5.49. The first kappa shape index (κ1) is 12.6. The van der Waals surface area contributed by atoms with Gasteiger partial charge in [0.05, 0.1) is 11.4 Å². The van der Waals surface area contributed by atoms with Crippen molar-refractivity contribution in [2.75, 3.05) is 0 Å². The molecule has 0 aliphatic heterocycles. The highest BCUT2D eigenvalue weighted by atomic mass is 16.4. The van der Waals surface area contributed by atoms with Crippen molar-refractivity contribution in [3.05, 3.63) is 35.2 Å². The van der Waals surface area contributed by atoms with Crippen LogP contribution < -0.4 is 0 Å². The number of nitrogens with zero attached hydrogens (tertiary/aromatic N) is 4. The van der Waals surface area contributed by atoms with Gasteiger partial charge in [0, 0.05) is 0 Å². The number of rotatable bonds is 3. The molecule has 7 nitrogen and oxygen atoms in total. The highest BCUT2D eigenvalue weighted by molar-refractivity contribution is 5.91. The molecule has 0 radical (unpaired) electrons. The molecule has 0 aliphatic rings. The molecule has 7 heteroatoms. The van der Waals surface area contributed by atoms with E-state index in [1.54, 1.807) is 0 Å². The van der Waals surface area contributed by atoms with Gasteiger partial charge in [0.25, 0.3) is 0 Å². The zero-order chi connectivity index (χ0) is 14.0. The minimum Gasteiger partial charge on any atom is -0.507 e. The summed E-state index contributed by atoms with van der Waals surface area (Å²) in [6, 6.07) is 5.99. The van der Waals surface area contributed by atoms with E-state index in [-0.39, 0.29) is 17.0 Å². The van der Waals surface area contributed by atoms with Crippen LogP contribution >= 0.6 is 0 Å². The zero-order valence-corrected chi connectivity index (χ0v) is 10.0. The van der Waals surface area contributed by atoms with Gasteiger partial charge in [-0.05, 0) is 24.6 Å². The van der Waals surface area contributed by atoms with Gasteiger partial charge in [-0.3, -0.25) is 0 Å². The van der Waals surface area contributed by atoms with E-state index in [0.717, 1.165) is 0 Å². The summed E-state index contributed by atoms with van der Waals surface area (Å²) in [7, 11) is 0. The largest absolute Gasteiger partial charge is 0.507 e. The predicted molar refractivity (Wildman–Crippen MR) is 64.1 cm³/mol. The van der Waals surface area contributed by atoms with Crippen molar-refractivity contribution >= 4 is 5.97 Å². The topological polar surface area (TPSA) is 112 Å². The maximum atomic E-state index is 11.0. The number of aromatic carboxylic acids is 1. The Balaban J connectivity index is 2.60. The van der Waals surface area contributed by atoms with E-state index in [4.69, 9.17) is 10.4 Å². The third-order valence-electron chi connectivity index (χ3n) is 2.66. The van der Waals surface area contributed by atoms with Crippen LogP contribution in [0.3, 0.4) is 0 Å². The number of carbonyl (C=O) groups is 1. The molecule has 0 atom stereocenters. The summed E-state index contributed by atoms with van der Waals surface area (Å²) in [5, 5.41) is 34.9. The number of phenols is 1. The Morgan fingerprint density at radius 1 is 1.53 bits per heavy atom. The summed E-state index contributed by atoms with van der Waals surface area (Å²) in [6.45, 7) is 1.84. The molecule has 19 heavy (non-hydrogen) atoms. The predicted octanol–water partition coefficient (Wildman–Crippen LogP) is 1.11. The lowest BCUT2D eigenvalue weighted by Crippen LogP contribution is -2.05. The number of nitriles is 1. The van der Waals surface area contributed by atoms with Gasteiger partial charge < -0.3 is 10.2 Å². The van der Waals surface area contributed by atoms with E-state index >= 15 is 0 Å². The van der Waals surface area contributed by atoms with E-state index in [1.807, 2.05) is 13.0 Å². The van der Waals surface area contributed by atoms with Crippen LogP contribution in [-0.4, -0.2) is 31.2 Å². The lowest BCUT2D eigenvalue weighted by molar-refractivity contribution is 0.0693. The quantitative estimate of drug-likeness (QED) is 0.852.